The molecule has 2 aromatic heterocycles. The summed E-state index contributed by atoms with van der Waals surface area (Å²) in [6, 6.07) is 5.67. The van der Waals surface area contributed by atoms with Gasteiger partial charge in [-0.05, 0) is 25.1 Å². The van der Waals surface area contributed by atoms with E-state index in [0.29, 0.717) is 6.42 Å². The van der Waals surface area contributed by atoms with Gasteiger partial charge in [0.25, 0.3) is 0 Å². The molecule has 0 fully saturated rings. The molecule has 0 aliphatic rings. The molecular formula is C11H9ClOS2. The quantitative estimate of drug-likeness (QED) is 0.753. The van der Waals surface area contributed by atoms with E-state index >= 15 is 0 Å². The van der Waals surface area contributed by atoms with Crippen molar-refractivity contribution in [3.05, 3.63) is 43.2 Å². The summed E-state index contributed by atoms with van der Waals surface area (Å²) in [6.45, 7) is 2.00. The first-order chi connectivity index (χ1) is 7.15. The lowest BCUT2D eigenvalue weighted by Gasteiger charge is -1.94. The van der Waals surface area contributed by atoms with Gasteiger partial charge in [-0.3, -0.25) is 4.79 Å². The Morgan fingerprint density at radius 1 is 1.47 bits per heavy atom. The van der Waals surface area contributed by atoms with Gasteiger partial charge in [0.1, 0.15) is 0 Å². The van der Waals surface area contributed by atoms with Crippen molar-refractivity contribution in [2.75, 3.05) is 0 Å². The Kier molecular flexibility index (Phi) is 3.24. The molecule has 2 aromatic rings. The number of ketones is 1. The summed E-state index contributed by atoms with van der Waals surface area (Å²) < 4.78 is 0.735. The van der Waals surface area contributed by atoms with E-state index in [0.717, 1.165) is 14.8 Å². The molecule has 0 spiro atoms. The molecule has 0 amide bonds. The normalized spacial score (nSPS) is 10.5. The fourth-order valence-corrected chi connectivity index (χ4v) is 3.09. The van der Waals surface area contributed by atoms with Crippen molar-refractivity contribution < 1.29 is 4.79 Å². The monoisotopic (exact) mass is 256 g/mol. The standard InChI is InChI=1S/C11H9ClOS2/c1-7-4-8(6-14-7)10(13)5-9-2-3-11(12)15-9/h2-4,6H,5H2,1H3. The van der Waals surface area contributed by atoms with E-state index in [9.17, 15) is 4.79 Å². The molecular weight excluding hydrogens is 248 g/mol. The van der Waals surface area contributed by atoms with Crippen LogP contribution in [-0.2, 0) is 6.42 Å². The number of aryl methyl sites for hydroxylation is 1. The van der Waals surface area contributed by atoms with Crippen LogP contribution >= 0.6 is 34.3 Å². The fourth-order valence-electron chi connectivity index (χ4n) is 1.30. The van der Waals surface area contributed by atoms with Crippen LogP contribution in [0.4, 0.5) is 0 Å². The predicted molar refractivity (Wildman–Crippen MR) is 66.4 cm³/mol. The first kappa shape index (κ1) is 10.9. The van der Waals surface area contributed by atoms with Crippen LogP contribution in [0.1, 0.15) is 20.1 Å². The molecule has 2 heterocycles. The Hall–Kier alpha value is -0.640. The summed E-state index contributed by atoms with van der Waals surface area (Å²) in [5, 5.41) is 1.91. The zero-order chi connectivity index (χ0) is 10.8. The largest absolute Gasteiger partial charge is 0.294 e. The number of rotatable bonds is 3. The lowest BCUT2D eigenvalue weighted by molar-refractivity contribution is 0.0994. The SMILES string of the molecule is Cc1cc(C(=O)Cc2ccc(Cl)s2)cs1. The summed E-state index contributed by atoms with van der Waals surface area (Å²) in [7, 11) is 0. The molecule has 0 N–H and O–H groups in total. The van der Waals surface area contributed by atoms with Crippen molar-refractivity contribution in [1.82, 2.24) is 0 Å². The number of thiophene rings is 2. The van der Waals surface area contributed by atoms with E-state index < -0.39 is 0 Å². The number of carbonyl (C=O) groups is 1. The lowest BCUT2D eigenvalue weighted by Crippen LogP contribution is -1.99. The maximum Gasteiger partial charge on any atom is 0.168 e. The first-order valence-electron chi connectivity index (χ1n) is 4.47. The van der Waals surface area contributed by atoms with Gasteiger partial charge in [0.2, 0.25) is 0 Å². The Labute approximate surface area is 101 Å². The van der Waals surface area contributed by atoms with Gasteiger partial charge < -0.3 is 0 Å². The molecule has 4 heteroatoms. The number of carbonyl (C=O) groups excluding carboxylic acids is 1. The molecule has 0 aliphatic heterocycles. The van der Waals surface area contributed by atoms with Crippen molar-refractivity contribution in [2.24, 2.45) is 0 Å². The highest BCUT2D eigenvalue weighted by molar-refractivity contribution is 7.16. The molecule has 15 heavy (non-hydrogen) atoms. The van der Waals surface area contributed by atoms with E-state index in [-0.39, 0.29) is 5.78 Å². The van der Waals surface area contributed by atoms with Crippen molar-refractivity contribution in [1.29, 1.82) is 0 Å². The highest BCUT2D eigenvalue weighted by Gasteiger charge is 2.09. The van der Waals surface area contributed by atoms with E-state index in [1.807, 2.05) is 30.5 Å². The van der Waals surface area contributed by atoms with Crippen LogP contribution in [0.3, 0.4) is 0 Å². The summed E-state index contributed by atoms with van der Waals surface area (Å²) in [5.74, 6) is 0.165. The third-order valence-electron chi connectivity index (χ3n) is 2.02. The second-order valence-electron chi connectivity index (χ2n) is 3.25. The zero-order valence-electron chi connectivity index (χ0n) is 8.12. The van der Waals surface area contributed by atoms with Crippen LogP contribution in [-0.4, -0.2) is 5.78 Å². The summed E-state index contributed by atoms with van der Waals surface area (Å²) >= 11 is 8.87. The van der Waals surface area contributed by atoms with Gasteiger partial charge >= 0.3 is 0 Å². The molecule has 78 valence electrons. The summed E-state index contributed by atoms with van der Waals surface area (Å²) in [5.41, 5.74) is 0.807. The third-order valence-corrected chi connectivity index (χ3v) is 4.11. The Balaban J connectivity index is 2.10. The third kappa shape index (κ3) is 2.68. The molecule has 0 saturated carbocycles. The molecule has 0 aliphatic carbocycles. The minimum Gasteiger partial charge on any atom is -0.294 e. The van der Waals surface area contributed by atoms with Crippen LogP contribution in [0.15, 0.2) is 23.6 Å². The van der Waals surface area contributed by atoms with Gasteiger partial charge in [-0.25, -0.2) is 0 Å². The van der Waals surface area contributed by atoms with E-state index in [4.69, 9.17) is 11.6 Å². The highest BCUT2D eigenvalue weighted by atomic mass is 35.5. The Bertz CT molecular complexity index is 484. The molecule has 0 radical (unpaired) electrons. The maximum absolute atomic E-state index is 11.8. The second-order valence-corrected chi connectivity index (χ2v) is 6.17. The van der Waals surface area contributed by atoms with E-state index in [1.54, 1.807) is 11.3 Å². The van der Waals surface area contributed by atoms with Crippen LogP contribution in [0, 0.1) is 6.92 Å². The highest BCUT2D eigenvalue weighted by Crippen LogP contribution is 2.23. The topological polar surface area (TPSA) is 17.1 Å². The van der Waals surface area contributed by atoms with Crippen molar-refractivity contribution in [2.45, 2.75) is 13.3 Å². The molecule has 0 bridgehead atoms. The van der Waals surface area contributed by atoms with Crippen LogP contribution in [0.25, 0.3) is 0 Å². The molecule has 2 rings (SSSR count). The summed E-state index contributed by atoms with van der Waals surface area (Å²) in [6.07, 6.45) is 0.452. The fraction of sp³-hybridized carbons (Fsp3) is 0.182. The average molecular weight is 257 g/mol. The number of hydrogen-bond acceptors (Lipinski definition) is 3. The molecule has 0 atom stereocenters. The van der Waals surface area contributed by atoms with Crippen molar-refractivity contribution in [3.8, 4) is 0 Å². The van der Waals surface area contributed by atoms with Crippen LogP contribution in [0.2, 0.25) is 4.34 Å². The molecule has 1 nitrogen and oxygen atoms in total. The van der Waals surface area contributed by atoms with Gasteiger partial charge in [0, 0.05) is 27.1 Å². The number of halogens is 1. The van der Waals surface area contributed by atoms with E-state index in [2.05, 4.69) is 0 Å². The first-order valence-corrected chi connectivity index (χ1v) is 6.55. The summed E-state index contributed by atoms with van der Waals surface area (Å²) in [4.78, 5) is 14.0. The zero-order valence-corrected chi connectivity index (χ0v) is 10.5. The van der Waals surface area contributed by atoms with Crippen molar-refractivity contribution >= 4 is 40.1 Å². The number of Topliss-reactive ketones (excluding diaryl/α,β-unsaturated/α-hetero) is 1. The minimum absolute atomic E-state index is 0.165. The second kappa shape index (κ2) is 4.47. The predicted octanol–water partition coefficient (Wildman–Crippen LogP) is 4.20. The Morgan fingerprint density at radius 3 is 2.80 bits per heavy atom. The maximum atomic E-state index is 11.8. The average Bonchev–Trinajstić information content (AvgIpc) is 2.75. The smallest absolute Gasteiger partial charge is 0.168 e. The Morgan fingerprint density at radius 2 is 2.27 bits per heavy atom. The van der Waals surface area contributed by atoms with Gasteiger partial charge in [-0.1, -0.05) is 11.6 Å². The van der Waals surface area contributed by atoms with Crippen molar-refractivity contribution in [3.63, 3.8) is 0 Å². The number of hydrogen-bond donors (Lipinski definition) is 0. The lowest BCUT2D eigenvalue weighted by atomic mass is 10.1. The minimum atomic E-state index is 0.165. The van der Waals surface area contributed by atoms with Crippen LogP contribution < -0.4 is 0 Å². The van der Waals surface area contributed by atoms with Gasteiger partial charge in [0.15, 0.2) is 5.78 Å². The van der Waals surface area contributed by atoms with E-state index in [1.165, 1.54) is 16.2 Å². The molecule has 0 saturated heterocycles. The van der Waals surface area contributed by atoms with Gasteiger partial charge in [0.05, 0.1) is 4.34 Å². The van der Waals surface area contributed by atoms with Gasteiger partial charge in [-0.15, -0.1) is 22.7 Å². The van der Waals surface area contributed by atoms with Gasteiger partial charge in [-0.2, -0.15) is 0 Å². The molecule has 0 aromatic carbocycles. The molecule has 0 unspecified atom stereocenters. The van der Waals surface area contributed by atoms with Crippen LogP contribution in [0.5, 0.6) is 0 Å².